The zero-order chi connectivity index (χ0) is 17.8. The highest BCUT2D eigenvalue weighted by Gasteiger charge is 2.15. The molecule has 6 heteroatoms. The van der Waals surface area contributed by atoms with Crippen LogP contribution in [0, 0.1) is 0 Å². The van der Waals surface area contributed by atoms with Crippen LogP contribution in [0.5, 0.6) is 0 Å². The number of hydrogen-bond donors (Lipinski definition) is 2. The van der Waals surface area contributed by atoms with E-state index < -0.39 is 0 Å². The first kappa shape index (κ1) is 17.4. The molecule has 2 heterocycles. The van der Waals surface area contributed by atoms with Gasteiger partial charge in [0, 0.05) is 25.3 Å². The summed E-state index contributed by atoms with van der Waals surface area (Å²) in [5.41, 5.74) is 3.31. The number of nitrogens with one attached hydrogen (secondary N) is 2. The number of rotatable bonds is 5. The maximum absolute atomic E-state index is 5.59. The molecule has 1 saturated heterocycles. The second-order valence-electron chi connectivity index (χ2n) is 6.42. The maximum Gasteiger partial charge on any atom is 0.170 e. The first-order valence-electron chi connectivity index (χ1n) is 8.86. The largest absolute Gasteiger partial charge is 0.376 e. The fourth-order valence-corrected chi connectivity index (χ4v) is 4.27. The van der Waals surface area contributed by atoms with Crippen LogP contribution in [-0.4, -0.2) is 29.4 Å². The lowest BCUT2D eigenvalue weighted by atomic mass is 10.1. The Labute approximate surface area is 162 Å². The van der Waals surface area contributed by atoms with Crippen molar-refractivity contribution in [2.75, 3.05) is 18.5 Å². The van der Waals surface area contributed by atoms with Gasteiger partial charge in [-0.25, -0.2) is 4.98 Å². The number of thiazole rings is 1. The van der Waals surface area contributed by atoms with Crippen molar-refractivity contribution < 1.29 is 4.74 Å². The molecule has 1 fully saturated rings. The molecule has 1 aromatic heterocycles. The Balaban J connectivity index is 1.31. The van der Waals surface area contributed by atoms with Crippen LogP contribution in [-0.2, 0) is 11.2 Å². The Morgan fingerprint density at radius 2 is 2.04 bits per heavy atom. The molecule has 0 aliphatic carbocycles. The van der Waals surface area contributed by atoms with Crippen LogP contribution in [0.4, 0.5) is 5.69 Å². The molecule has 26 heavy (non-hydrogen) atoms. The van der Waals surface area contributed by atoms with Gasteiger partial charge in [0.25, 0.3) is 0 Å². The van der Waals surface area contributed by atoms with Gasteiger partial charge in [0.15, 0.2) is 5.11 Å². The number of thiocarbonyl (C=S) groups is 1. The lowest BCUT2D eigenvalue weighted by Crippen LogP contribution is -2.34. The van der Waals surface area contributed by atoms with Crippen molar-refractivity contribution in [3.05, 3.63) is 59.1 Å². The fraction of sp³-hybridized carbons (Fsp3) is 0.300. The van der Waals surface area contributed by atoms with E-state index in [4.69, 9.17) is 21.9 Å². The van der Waals surface area contributed by atoms with Crippen LogP contribution in [0.25, 0.3) is 10.2 Å². The Morgan fingerprint density at radius 3 is 2.81 bits per heavy atom. The van der Waals surface area contributed by atoms with Crippen molar-refractivity contribution >= 4 is 44.6 Å². The van der Waals surface area contributed by atoms with E-state index >= 15 is 0 Å². The molecule has 2 N–H and O–H groups in total. The average Bonchev–Trinajstić information content (AvgIpc) is 3.30. The highest BCUT2D eigenvalue weighted by molar-refractivity contribution is 7.80. The van der Waals surface area contributed by atoms with Gasteiger partial charge >= 0.3 is 0 Å². The third-order valence-corrected chi connectivity index (χ3v) is 5.70. The normalized spacial score (nSPS) is 16.7. The van der Waals surface area contributed by atoms with Gasteiger partial charge in [-0.1, -0.05) is 24.3 Å². The van der Waals surface area contributed by atoms with Crippen LogP contribution < -0.4 is 10.6 Å². The Kier molecular flexibility index (Phi) is 5.43. The van der Waals surface area contributed by atoms with Crippen molar-refractivity contribution in [2.45, 2.75) is 25.4 Å². The summed E-state index contributed by atoms with van der Waals surface area (Å²) in [6.07, 6.45) is 3.38. The van der Waals surface area contributed by atoms with Crippen molar-refractivity contribution in [1.82, 2.24) is 10.3 Å². The van der Waals surface area contributed by atoms with Crippen LogP contribution in [0.1, 0.15) is 23.4 Å². The first-order chi connectivity index (χ1) is 12.8. The minimum absolute atomic E-state index is 0.283. The fourth-order valence-electron chi connectivity index (χ4n) is 3.06. The standard InChI is InChI=1S/C20H21N3OS2/c25-20(21-13-16-4-3-11-24-16)22-15-9-7-14(8-10-15)12-19-23-17-5-1-2-6-18(17)26-19/h1-2,5-10,16H,3-4,11-13H2,(H2,21,22,25)/t16-/m0/s1. The summed E-state index contributed by atoms with van der Waals surface area (Å²) >= 11 is 7.12. The van der Waals surface area contributed by atoms with E-state index in [0.29, 0.717) is 5.11 Å². The predicted octanol–water partition coefficient (Wildman–Crippen LogP) is 4.35. The molecule has 1 atom stereocenters. The van der Waals surface area contributed by atoms with Crippen molar-refractivity contribution in [2.24, 2.45) is 0 Å². The molecule has 3 aromatic rings. The summed E-state index contributed by atoms with van der Waals surface area (Å²) < 4.78 is 6.83. The molecule has 1 aliphatic heterocycles. The number of hydrogen-bond acceptors (Lipinski definition) is 4. The predicted molar refractivity (Wildman–Crippen MR) is 112 cm³/mol. The molecule has 0 radical (unpaired) electrons. The Bertz CT molecular complexity index is 852. The second-order valence-corrected chi connectivity index (χ2v) is 7.94. The number of benzene rings is 2. The molecule has 134 valence electrons. The zero-order valence-corrected chi connectivity index (χ0v) is 16.0. The minimum atomic E-state index is 0.283. The van der Waals surface area contributed by atoms with Gasteiger partial charge in [0.05, 0.1) is 21.3 Å². The number of fused-ring (bicyclic) bond motifs is 1. The number of ether oxygens (including phenoxy) is 1. The molecule has 2 aromatic carbocycles. The molecule has 4 rings (SSSR count). The van der Waals surface area contributed by atoms with E-state index in [9.17, 15) is 0 Å². The second kappa shape index (κ2) is 8.12. The number of para-hydroxylation sites is 1. The minimum Gasteiger partial charge on any atom is -0.376 e. The van der Waals surface area contributed by atoms with Gasteiger partial charge in [0.2, 0.25) is 0 Å². The van der Waals surface area contributed by atoms with Crippen molar-refractivity contribution in [3.63, 3.8) is 0 Å². The van der Waals surface area contributed by atoms with E-state index in [1.165, 1.54) is 10.3 Å². The SMILES string of the molecule is S=C(NC[C@@H]1CCCO1)Nc1ccc(Cc2nc3ccccc3s2)cc1. The molecule has 0 unspecified atom stereocenters. The number of aromatic nitrogens is 1. The first-order valence-corrected chi connectivity index (χ1v) is 10.1. The molecule has 0 bridgehead atoms. The van der Waals surface area contributed by atoms with Gasteiger partial charge in [-0.15, -0.1) is 11.3 Å². The zero-order valence-electron chi connectivity index (χ0n) is 14.4. The molecule has 4 nitrogen and oxygen atoms in total. The van der Waals surface area contributed by atoms with Gasteiger partial charge < -0.3 is 15.4 Å². The summed E-state index contributed by atoms with van der Waals surface area (Å²) in [4.78, 5) is 4.70. The molecule has 1 aliphatic rings. The van der Waals surface area contributed by atoms with Crippen molar-refractivity contribution in [3.8, 4) is 0 Å². The lowest BCUT2D eigenvalue weighted by molar-refractivity contribution is 0.114. The van der Waals surface area contributed by atoms with Crippen LogP contribution in [0.3, 0.4) is 0 Å². The van der Waals surface area contributed by atoms with E-state index in [2.05, 4.69) is 53.1 Å². The summed E-state index contributed by atoms with van der Waals surface area (Å²) in [5, 5.41) is 8.24. The van der Waals surface area contributed by atoms with Gasteiger partial charge in [-0.3, -0.25) is 0 Å². The highest BCUT2D eigenvalue weighted by atomic mass is 32.1. The van der Waals surface area contributed by atoms with Crippen molar-refractivity contribution in [1.29, 1.82) is 0 Å². The molecular weight excluding hydrogens is 362 g/mol. The van der Waals surface area contributed by atoms with E-state index in [1.54, 1.807) is 11.3 Å². The van der Waals surface area contributed by atoms with Gasteiger partial charge in [-0.05, 0) is 54.9 Å². The molecule has 0 spiro atoms. The topological polar surface area (TPSA) is 46.2 Å². The molecular formula is C20H21N3OS2. The van der Waals surface area contributed by atoms with Gasteiger partial charge in [0.1, 0.15) is 0 Å². The summed E-state index contributed by atoms with van der Waals surface area (Å²) in [7, 11) is 0. The average molecular weight is 384 g/mol. The lowest BCUT2D eigenvalue weighted by Gasteiger charge is -2.14. The quantitative estimate of drug-likeness (QED) is 0.641. The number of nitrogens with zero attached hydrogens (tertiary/aromatic N) is 1. The van der Waals surface area contributed by atoms with Crippen LogP contribution in [0.15, 0.2) is 48.5 Å². The monoisotopic (exact) mass is 383 g/mol. The smallest absolute Gasteiger partial charge is 0.170 e. The maximum atomic E-state index is 5.59. The van der Waals surface area contributed by atoms with Crippen LogP contribution >= 0.6 is 23.6 Å². The molecule has 0 amide bonds. The summed E-state index contributed by atoms with van der Waals surface area (Å²) in [6.45, 7) is 1.63. The Hall–Kier alpha value is -2.02. The van der Waals surface area contributed by atoms with E-state index in [0.717, 1.165) is 48.6 Å². The third-order valence-electron chi connectivity index (χ3n) is 4.42. The van der Waals surface area contributed by atoms with E-state index in [-0.39, 0.29) is 6.10 Å². The van der Waals surface area contributed by atoms with Gasteiger partial charge in [-0.2, -0.15) is 0 Å². The van der Waals surface area contributed by atoms with Crippen LogP contribution in [0.2, 0.25) is 0 Å². The molecule has 0 saturated carbocycles. The van der Waals surface area contributed by atoms with E-state index in [1.807, 2.05) is 6.07 Å². The Morgan fingerprint density at radius 1 is 1.19 bits per heavy atom. The summed E-state index contributed by atoms with van der Waals surface area (Å²) in [5.74, 6) is 0. The summed E-state index contributed by atoms with van der Waals surface area (Å²) in [6, 6.07) is 16.6. The number of anilines is 1. The highest BCUT2D eigenvalue weighted by Crippen LogP contribution is 2.24. The third kappa shape index (κ3) is 4.38.